The lowest BCUT2D eigenvalue weighted by molar-refractivity contribution is 0.0698. The number of rotatable bonds is 3. The van der Waals surface area contributed by atoms with Gasteiger partial charge in [0.15, 0.2) is 0 Å². The fourth-order valence-electron chi connectivity index (χ4n) is 2.73. The molecule has 2 heterocycles. The van der Waals surface area contributed by atoms with Gasteiger partial charge in [-0.05, 0) is 48.6 Å². The number of amides is 1. The van der Waals surface area contributed by atoms with E-state index < -0.39 is 10.0 Å². The van der Waals surface area contributed by atoms with Gasteiger partial charge in [0.1, 0.15) is 4.21 Å². The van der Waals surface area contributed by atoms with Gasteiger partial charge in [0, 0.05) is 31.7 Å². The number of aryl methyl sites for hydroxylation is 2. The molecule has 7 heteroatoms. The molecule has 5 nitrogen and oxygen atoms in total. The molecule has 0 N–H and O–H groups in total. The molecule has 0 unspecified atom stereocenters. The lowest BCUT2D eigenvalue weighted by Gasteiger charge is -2.33. The topological polar surface area (TPSA) is 57.7 Å². The predicted octanol–water partition coefficient (Wildman–Crippen LogP) is 2.51. The fraction of sp³-hybridized carbons (Fsp3) is 0.353. The number of nitrogens with zero attached hydrogens (tertiary/aromatic N) is 2. The summed E-state index contributed by atoms with van der Waals surface area (Å²) in [6.07, 6.45) is 0. The minimum Gasteiger partial charge on any atom is -0.336 e. The van der Waals surface area contributed by atoms with Crippen molar-refractivity contribution >= 4 is 27.3 Å². The molecule has 0 bridgehead atoms. The Labute approximate surface area is 146 Å². The summed E-state index contributed by atoms with van der Waals surface area (Å²) in [5.74, 6) is -0.0359. The Balaban J connectivity index is 1.69. The fourth-order valence-corrected chi connectivity index (χ4v) is 5.29. The van der Waals surface area contributed by atoms with E-state index in [2.05, 4.69) is 0 Å². The van der Waals surface area contributed by atoms with E-state index in [4.69, 9.17) is 0 Å². The van der Waals surface area contributed by atoms with Crippen molar-refractivity contribution in [2.75, 3.05) is 26.2 Å². The monoisotopic (exact) mass is 364 g/mol. The number of carbonyl (C=O) groups is 1. The van der Waals surface area contributed by atoms with Gasteiger partial charge in [-0.25, -0.2) is 8.42 Å². The summed E-state index contributed by atoms with van der Waals surface area (Å²) in [5.41, 5.74) is 2.89. The summed E-state index contributed by atoms with van der Waals surface area (Å²) < 4.78 is 26.8. The number of hydrogen-bond donors (Lipinski definition) is 0. The first-order chi connectivity index (χ1) is 11.4. The van der Waals surface area contributed by atoms with E-state index in [0.29, 0.717) is 36.0 Å². The van der Waals surface area contributed by atoms with Crippen LogP contribution < -0.4 is 0 Å². The van der Waals surface area contributed by atoms with Gasteiger partial charge in [0.05, 0.1) is 0 Å². The number of sulfonamides is 1. The van der Waals surface area contributed by atoms with E-state index >= 15 is 0 Å². The standard InChI is InChI=1S/C17H20N2O3S2/c1-13-5-6-15(12-14(13)2)17(20)18-7-9-19(10-8-18)24(21,22)16-4-3-11-23-16/h3-6,11-12H,7-10H2,1-2H3. The lowest BCUT2D eigenvalue weighted by Crippen LogP contribution is -2.50. The molecule has 3 rings (SSSR count). The van der Waals surface area contributed by atoms with Gasteiger partial charge >= 0.3 is 0 Å². The van der Waals surface area contributed by atoms with Crippen LogP contribution in [0.15, 0.2) is 39.9 Å². The normalized spacial score (nSPS) is 16.3. The van der Waals surface area contributed by atoms with E-state index in [0.717, 1.165) is 11.1 Å². The third-order valence-corrected chi connectivity index (χ3v) is 7.64. The van der Waals surface area contributed by atoms with Crippen LogP contribution in [0.5, 0.6) is 0 Å². The molecular weight excluding hydrogens is 344 g/mol. The molecule has 0 aliphatic carbocycles. The molecule has 0 saturated carbocycles. The Morgan fingerprint density at radius 2 is 1.75 bits per heavy atom. The zero-order chi connectivity index (χ0) is 17.3. The maximum absolute atomic E-state index is 12.6. The molecule has 2 aromatic rings. The van der Waals surface area contributed by atoms with Crippen LogP contribution in [0.1, 0.15) is 21.5 Å². The molecule has 0 spiro atoms. The Kier molecular flexibility index (Phi) is 4.76. The van der Waals surface area contributed by atoms with Crippen molar-refractivity contribution in [2.45, 2.75) is 18.1 Å². The second-order valence-corrected chi connectivity index (χ2v) is 9.04. The average molecular weight is 364 g/mol. The van der Waals surface area contributed by atoms with Gasteiger partial charge in [-0.2, -0.15) is 4.31 Å². The van der Waals surface area contributed by atoms with E-state index in [1.807, 2.05) is 32.0 Å². The molecule has 1 aliphatic heterocycles. The van der Waals surface area contributed by atoms with Gasteiger partial charge in [0.25, 0.3) is 15.9 Å². The minimum absolute atomic E-state index is 0.0359. The van der Waals surface area contributed by atoms with Crippen LogP contribution in [0.2, 0.25) is 0 Å². The molecule has 0 radical (unpaired) electrons. The van der Waals surface area contributed by atoms with Crippen molar-refractivity contribution in [3.05, 3.63) is 52.4 Å². The summed E-state index contributed by atoms with van der Waals surface area (Å²) in [6.45, 7) is 5.48. The van der Waals surface area contributed by atoms with Crippen molar-refractivity contribution in [2.24, 2.45) is 0 Å². The Morgan fingerprint density at radius 3 is 2.33 bits per heavy atom. The predicted molar refractivity (Wildman–Crippen MR) is 94.9 cm³/mol. The molecular formula is C17H20N2O3S2. The maximum atomic E-state index is 12.6. The lowest BCUT2D eigenvalue weighted by atomic mass is 10.1. The zero-order valence-corrected chi connectivity index (χ0v) is 15.4. The summed E-state index contributed by atoms with van der Waals surface area (Å²) in [7, 11) is -3.43. The maximum Gasteiger partial charge on any atom is 0.253 e. The SMILES string of the molecule is Cc1ccc(C(=O)N2CCN(S(=O)(=O)c3cccs3)CC2)cc1C. The molecule has 24 heavy (non-hydrogen) atoms. The Hall–Kier alpha value is -1.70. The molecule has 1 aliphatic rings. The third kappa shape index (κ3) is 3.24. The first kappa shape index (κ1) is 17.1. The van der Waals surface area contributed by atoms with Crippen LogP contribution in [-0.2, 0) is 10.0 Å². The second-order valence-electron chi connectivity index (χ2n) is 5.93. The molecule has 0 atom stereocenters. The van der Waals surface area contributed by atoms with Gasteiger partial charge in [-0.3, -0.25) is 4.79 Å². The number of benzene rings is 1. The number of thiophene rings is 1. The van der Waals surface area contributed by atoms with E-state index in [9.17, 15) is 13.2 Å². The van der Waals surface area contributed by atoms with Crippen molar-refractivity contribution in [3.8, 4) is 0 Å². The first-order valence-corrected chi connectivity index (χ1v) is 10.1. The summed E-state index contributed by atoms with van der Waals surface area (Å²) in [6, 6.07) is 9.02. The van der Waals surface area contributed by atoms with Crippen LogP contribution in [0.25, 0.3) is 0 Å². The van der Waals surface area contributed by atoms with Crippen molar-refractivity contribution < 1.29 is 13.2 Å². The molecule has 1 amide bonds. The number of carbonyl (C=O) groups excluding carboxylic acids is 1. The van der Waals surface area contributed by atoms with Gasteiger partial charge in [-0.1, -0.05) is 12.1 Å². The van der Waals surface area contributed by atoms with Crippen LogP contribution in [0.4, 0.5) is 0 Å². The number of piperazine rings is 1. The van der Waals surface area contributed by atoms with Gasteiger partial charge in [-0.15, -0.1) is 11.3 Å². The largest absolute Gasteiger partial charge is 0.336 e. The van der Waals surface area contributed by atoms with Crippen LogP contribution in [0, 0.1) is 13.8 Å². The molecule has 1 saturated heterocycles. The number of hydrogen-bond acceptors (Lipinski definition) is 4. The van der Waals surface area contributed by atoms with Gasteiger partial charge < -0.3 is 4.90 Å². The molecule has 1 aromatic heterocycles. The van der Waals surface area contributed by atoms with Crippen molar-refractivity contribution in [3.63, 3.8) is 0 Å². The average Bonchev–Trinajstić information content (AvgIpc) is 3.12. The molecule has 128 valence electrons. The van der Waals surface area contributed by atoms with Crippen LogP contribution in [0.3, 0.4) is 0 Å². The summed E-state index contributed by atoms with van der Waals surface area (Å²) in [4.78, 5) is 14.3. The highest BCUT2D eigenvalue weighted by atomic mass is 32.2. The third-order valence-electron chi connectivity index (χ3n) is 4.37. The van der Waals surface area contributed by atoms with Crippen LogP contribution >= 0.6 is 11.3 Å². The minimum atomic E-state index is -3.43. The molecule has 1 aromatic carbocycles. The highest BCUT2D eigenvalue weighted by molar-refractivity contribution is 7.91. The second kappa shape index (κ2) is 6.66. The first-order valence-electron chi connectivity index (χ1n) is 7.80. The summed E-state index contributed by atoms with van der Waals surface area (Å²) >= 11 is 1.22. The highest BCUT2D eigenvalue weighted by Crippen LogP contribution is 2.22. The van der Waals surface area contributed by atoms with E-state index in [1.165, 1.54) is 15.6 Å². The Morgan fingerprint density at radius 1 is 1.04 bits per heavy atom. The van der Waals surface area contributed by atoms with Gasteiger partial charge in [0.2, 0.25) is 0 Å². The smallest absolute Gasteiger partial charge is 0.253 e. The van der Waals surface area contributed by atoms with Crippen molar-refractivity contribution in [1.82, 2.24) is 9.21 Å². The summed E-state index contributed by atoms with van der Waals surface area (Å²) in [5, 5.41) is 1.76. The highest BCUT2D eigenvalue weighted by Gasteiger charge is 2.30. The zero-order valence-electron chi connectivity index (χ0n) is 13.7. The molecule has 1 fully saturated rings. The van der Waals surface area contributed by atoms with Crippen molar-refractivity contribution in [1.29, 1.82) is 0 Å². The Bertz CT molecular complexity index is 837. The van der Waals surface area contributed by atoms with E-state index in [1.54, 1.807) is 22.4 Å². The quantitative estimate of drug-likeness (QED) is 0.841. The van der Waals surface area contributed by atoms with Crippen LogP contribution in [-0.4, -0.2) is 49.7 Å². The van der Waals surface area contributed by atoms with E-state index in [-0.39, 0.29) is 5.91 Å².